The lowest BCUT2D eigenvalue weighted by atomic mass is 10.1. The van der Waals surface area contributed by atoms with E-state index in [4.69, 9.17) is 5.11 Å². The first-order valence-electron chi connectivity index (χ1n) is 6.28. The van der Waals surface area contributed by atoms with Crippen molar-refractivity contribution in [2.45, 2.75) is 31.9 Å². The summed E-state index contributed by atoms with van der Waals surface area (Å²) in [6.45, 7) is 1.92. The van der Waals surface area contributed by atoms with E-state index in [0.717, 1.165) is 11.1 Å². The molecule has 1 aliphatic carbocycles. The van der Waals surface area contributed by atoms with Crippen molar-refractivity contribution in [1.29, 1.82) is 0 Å². The summed E-state index contributed by atoms with van der Waals surface area (Å²) in [5.74, 6) is -0.931. The van der Waals surface area contributed by atoms with Gasteiger partial charge in [0.15, 0.2) is 9.84 Å². The monoisotopic (exact) mass is 282 g/mol. The van der Waals surface area contributed by atoms with Gasteiger partial charge >= 0.3 is 5.97 Å². The minimum atomic E-state index is -3.26. The number of rotatable bonds is 6. The van der Waals surface area contributed by atoms with Gasteiger partial charge in [-0.2, -0.15) is 0 Å². The summed E-state index contributed by atoms with van der Waals surface area (Å²) in [6, 6.07) is 7.41. The lowest BCUT2D eigenvalue weighted by Crippen LogP contribution is -2.21. The SMILES string of the molecule is Cc1cccc(CS(=O)(=O)CC2(CC(=O)O)CC2)c1. The standard InChI is InChI=1S/C14H18O4S/c1-11-3-2-4-12(7-11)9-19(17,18)10-14(5-6-14)8-13(15)16/h2-4,7H,5-6,8-10H2,1H3,(H,15,16). The van der Waals surface area contributed by atoms with E-state index in [1.807, 2.05) is 25.1 Å². The van der Waals surface area contributed by atoms with Gasteiger partial charge in [-0.25, -0.2) is 8.42 Å². The summed E-state index contributed by atoms with van der Waals surface area (Å²) in [4.78, 5) is 10.7. The van der Waals surface area contributed by atoms with Gasteiger partial charge in [0.1, 0.15) is 0 Å². The van der Waals surface area contributed by atoms with Crippen LogP contribution in [0.5, 0.6) is 0 Å². The van der Waals surface area contributed by atoms with E-state index < -0.39 is 21.2 Å². The zero-order chi connectivity index (χ0) is 14.1. The molecule has 104 valence electrons. The minimum Gasteiger partial charge on any atom is -0.481 e. The predicted octanol–water partition coefficient (Wildman–Crippen LogP) is 2.16. The number of aryl methyl sites for hydroxylation is 1. The van der Waals surface area contributed by atoms with Gasteiger partial charge < -0.3 is 5.11 Å². The molecule has 1 aromatic rings. The topological polar surface area (TPSA) is 71.4 Å². The lowest BCUT2D eigenvalue weighted by molar-refractivity contribution is -0.138. The van der Waals surface area contributed by atoms with Crippen molar-refractivity contribution in [3.8, 4) is 0 Å². The second-order valence-corrected chi connectivity index (χ2v) is 7.66. The van der Waals surface area contributed by atoms with Crippen LogP contribution in [-0.4, -0.2) is 25.2 Å². The van der Waals surface area contributed by atoms with Crippen LogP contribution in [0.3, 0.4) is 0 Å². The lowest BCUT2D eigenvalue weighted by Gasteiger charge is -2.13. The van der Waals surface area contributed by atoms with Gasteiger partial charge in [-0.3, -0.25) is 4.79 Å². The molecule has 19 heavy (non-hydrogen) atoms. The summed E-state index contributed by atoms with van der Waals surface area (Å²) in [6.07, 6.45) is 1.36. The highest BCUT2D eigenvalue weighted by molar-refractivity contribution is 7.90. The molecule has 0 aliphatic heterocycles. The van der Waals surface area contributed by atoms with Crippen molar-refractivity contribution in [3.63, 3.8) is 0 Å². The molecule has 5 heteroatoms. The van der Waals surface area contributed by atoms with E-state index in [-0.39, 0.29) is 17.9 Å². The van der Waals surface area contributed by atoms with Gasteiger partial charge in [0, 0.05) is 0 Å². The van der Waals surface area contributed by atoms with Crippen LogP contribution in [-0.2, 0) is 20.4 Å². The Bertz CT molecular complexity index is 585. The average Bonchev–Trinajstić information content (AvgIpc) is 2.93. The quantitative estimate of drug-likeness (QED) is 0.868. The third-order valence-corrected chi connectivity index (χ3v) is 5.30. The highest BCUT2D eigenvalue weighted by atomic mass is 32.2. The summed E-state index contributed by atoms with van der Waals surface area (Å²) >= 11 is 0. The van der Waals surface area contributed by atoms with Crippen LogP contribution in [0.25, 0.3) is 0 Å². The Morgan fingerprint density at radius 2 is 2.05 bits per heavy atom. The average molecular weight is 282 g/mol. The van der Waals surface area contributed by atoms with Gasteiger partial charge in [0.25, 0.3) is 0 Å². The van der Waals surface area contributed by atoms with E-state index in [2.05, 4.69) is 0 Å². The van der Waals surface area contributed by atoms with E-state index in [1.165, 1.54) is 0 Å². The zero-order valence-corrected chi connectivity index (χ0v) is 11.7. The van der Waals surface area contributed by atoms with E-state index in [1.54, 1.807) is 6.07 Å². The van der Waals surface area contributed by atoms with Crippen LogP contribution in [0.1, 0.15) is 30.4 Å². The van der Waals surface area contributed by atoms with Gasteiger partial charge in [0.05, 0.1) is 17.9 Å². The fourth-order valence-electron chi connectivity index (χ4n) is 2.44. The van der Waals surface area contributed by atoms with Crippen LogP contribution in [0.4, 0.5) is 0 Å². The second-order valence-electron chi connectivity index (χ2n) is 5.59. The Labute approximate surface area is 113 Å². The van der Waals surface area contributed by atoms with Crippen molar-refractivity contribution in [2.75, 3.05) is 5.75 Å². The Morgan fingerprint density at radius 1 is 1.37 bits per heavy atom. The summed E-state index contributed by atoms with van der Waals surface area (Å²) in [7, 11) is -3.26. The number of hydrogen-bond acceptors (Lipinski definition) is 3. The predicted molar refractivity (Wildman–Crippen MR) is 72.6 cm³/mol. The molecule has 1 saturated carbocycles. The molecule has 1 aromatic carbocycles. The van der Waals surface area contributed by atoms with Crippen LogP contribution < -0.4 is 0 Å². The molecule has 1 fully saturated rings. The maximum Gasteiger partial charge on any atom is 0.303 e. The number of benzene rings is 1. The van der Waals surface area contributed by atoms with Crippen LogP contribution in [0.15, 0.2) is 24.3 Å². The molecule has 1 aliphatic rings. The van der Waals surface area contributed by atoms with Crippen molar-refractivity contribution >= 4 is 15.8 Å². The third kappa shape index (κ3) is 4.06. The highest BCUT2D eigenvalue weighted by Gasteiger charge is 2.47. The van der Waals surface area contributed by atoms with E-state index >= 15 is 0 Å². The first-order valence-corrected chi connectivity index (χ1v) is 8.10. The van der Waals surface area contributed by atoms with Crippen molar-refractivity contribution in [1.82, 2.24) is 0 Å². The smallest absolute Gasteiger partial charge is 0.303 e. The van der Waals surface area contributed by atoms with Crippen LogP contribution in [0, 0.1) is 12.3 Å². The fraction of sp³-hybridized carbons (Fsp3) is 0.500. The molecule has 0 bridgehead atoms. The Balaban J connectivity index is 2.05. The molecule has 4 nitrogen and oxygen atoms in total. The largest absolute Gasteiger partial charge is 0.481 e. The van der Waals surface area contributed by atoms with Gasteiger partial charge in [-0.05, 0) is 30.7 Å². The maximum absolute atomic E-state index is 12.2. The number of hydrogen-bond donors (Lipinski definition) is 1. The fourth-order valence-corrected chi connectivity index (χ4v) is 4.56. The number of carboxylic acids is 1. The van der Waals surface area contributed by atoms with E-state index in [9.17, 15) is 13.2 Å². The number of carboxylic acid groups (broad SMARTS) is 1. The molecule has 0 aromatic heterocycles. The molecule has 0 heterocycles. The highest BCUT2D eigenvalue weighted by Crippen LogP contribution is 2.50. The first kappa shape index (κ1) is 14.1. The summed E-state index contributed by atoms with van der Waals surface area (Å²) < 4.78 is 24.3. The normalized spacial score (nSPS) is 17.1. The maximum atomic E-state index is 12.2. The molecule has 0 spiro atoms. The Kier molecular flexibility index (Phi) is 3.67. The molecule has 1 N–H and O–H groups in total. The Morgan fingerprint density at radius 3 is 2.58 bits per heavy atom. The van der Waals surface area contributed by atoms with E-state index in [0.29, 0.717) is 12.8 Å². The number of sulfone groups is 1. The minimum absolute atomic E-state index is 0.00392. The van der Waals surface area contributed by atoms with Crippen LogP contribution in [0.2, 0.25) is 0 Å². The first-order chi connectivity index (χ1) is 8.80. The number of aliphatic carboxylic acids is 1. The molecule has 0 unspecified atom stereocenters. The van der Waals surface area contributed by atoms with Crippen molar-refractivity contribution < 1.29 is 18.3 Å². The zero-order valence-electron chi connectivity index (χ0n) is 10.9. The molecule has 0 atom stereocenters. The molecule has 2 rings (SSSR count). The van der Waals surface area contributed by atoms with Gasteiger partial charge in [-0.1, -0.05) is 29.8 Å². The summed E-state index contributed by atoms with van der Waals surface area (Å²) in [5.41, 5.74) is 1.29. The van der Waals surface area contributed by atoms with Gasteiger partial charge in [0.2, 0.25) is 0 Å². The van der Waals surface area contributed by atoms with Crippen molar-refractivity contribution in [3.05, 3.63) is 35.4 Å². The van der Waals surface area contributed by atoms with Crippen LogP contribution >= 0.6 is 0 Å². The number of carbonyl (C=O) groups is 1. The third-order valence-electron chi connectivity index (χ3n) is 3.48. The molecule has 0 radical (unpaired) electrons. The second kappa shape index (κ2) is 4.96. The molecular formula is C14H18O4S. The summed E-state index contributed by atoms with van der Waals surface area (Å²) in [5, 5.41) is 8.82. The Hall–Kier alpha value is -1.36. The molecule has 0 amide bonds. The van der Waals surface area contributed by atoms with Crippen molar-refractivity contribution in [2.24, 2.45) is 5.41 Å². The van der Waals surface area contributed by atoms with Gasteiger partial charge in [-0.15, -0.1) is 0 Å². The molecule has 0 saturated heterocycles. The molecular weight excluding hydrogens is 264 g/mol.